The predicted octanol–water partition coefficient (Wildman–Crippen LogP) is 5.78. The fourth-order valence-corrected chi connectivity index (χ4v) is 7.49. The lowest BCUT2D eigenvalue weighted by Crippen LogP contribution is -2.47. The maximum atomic E-state index is 13.6. The van der Waals surface area contributed by atoms with Gasteiger partial charge in [0.05, 0.1) is 10.4 Å². The second kappa shape index (κ2) is 12.7. The Kier molecular flexibility index (Phi) is 8.50. The van der Waals surface area contributed by atoms with Crippen molar-refractivity contribution >= 4 is 32.9 Å². The monoisotopic (exact) mass is 647 g/mol. The van der Waals surface area contributed by atoms with E-state index in [-0.39, 0.29) is 36.1 Å². The van der Waals surface area contributed by atoms with Crippen LogP contribution in [0, 0.1) is 19.3 Å². The highest BCUT2D eigenvalue weighted by molar-refractivity contribution is 7.90. The third kappa shape index (κ3) is 6.05. The van der Waals surface area contributed by atoms with Crippen LogP contribution in [0.25, 0.3) is 22.0 Å². The van der Waals surface area contributed by atoms with Crippen molar-refractivity contribution in [3.8, 4) is 29.2 Å². The Morgan fingerprint density at radius 2 is 1.64 bits per heavy atom. The van der Waals surface area contributed by atoms with Crippen LogP contribution in [0.1, 0.15) is 34.6 Å². The number of likely N-dealkylation sites (N-methyl/N-ethyl adjacent to an activating group) is 1. The van der Waals surface area contributed by atoms with E-state index in [0.29, 0.717) is 16.5 Å². The van der Waals surface area contributed by atoms with E-state index in [1.165, 1.54) is 48.5 Å². The van der Waals surface area contributed by atoms with Crippen molar-refractivity contribution in [2.75, 3.05) is 13.7 Å². The Labute approximate surface area is 273 Å². The van der Waals surface area contributed by atoms with Crippen LogP contribution in [-0.4, -0.2) is 54.1 Å². The summed E-state index contributed by atoms with van der Waals surface area (Å²) in [5.74, 6) is 1.75. The summed E-state index contributed by atoms with van der Waals surface area (Å²) in [5, 5.41) is 13.3. The first-order valence-corrected chi connectivity index (χ1v) is 16.5. The molecule has 0 fully saturated rings. The zero-order valence-corrected chi connectivity index (χ0v) is 26.7. The Morgan fingerprint density at radius 3 is 2.28 bits per heavy atom. The molecule has 2 amide bonds. The lowest BCUT2D eigenvalue weighted by atomic mass is 9.98. The Hall–Kier alpha value is -5.53. The molecule has 10 heteroatoms. The molecule has 9 nitrogen and oxygen atoms in total. The van der Waals surface area contributed by atoms with Gasteiger partial charge in [-0.2, -0.15) is 0 Å². The quantitative estimate of drug-likeness (QED) is 0.196. The fourth-order valence-electron chi connectivity index (χ4n) is 6.10. The number of terminal acetylenes is 1. The number of nitrogens with zero attached hydrogens (tertiary/aromatic N) is 2. The zero-order valence-electron chi connectivity index (χ0n) is 25.9. The zero-order chi connectivity index (χ0) is 33.3. The number of phenols is 1. The van der Waals surface area contributed by atoms with E-state index in [0.717, 1.165) is 31.8 Å². The summed E-state index contributed by atoms with van der Waals surface area (Å²) >= 11 is 0. The van der Waals surface area contributed by atoms with Crippen LogP contribution < -0.4 is 5.32 Å². The van der Waals surface area contributed by atoms with Crippen LogP contribution in [0.15, 0.2) is 102 Å². The highest BCUT2D eigenvalue weighted by atomic mass is 32.2. The van der Waals surface area contributed by atoms with Gasteiger partial charge in [-0.3, -0.25) is 4.79 Å². The predicted molar refractivity (Wildman–Crippen MR) is 179 cm³/mol. The molecule has 1 aromatic heterocycles. The van der Waals surface area contributed by atoms with Gasteiger partial charge in [-0.25, -0.2) is 17.2 Å². The lowest BCUT2D eigenvalue weighted by Gasteiger charge is -2.23. The SMILES string of the molecule is C#CCC(NC(=O)OCC1c2ccccc2-c2ccccc21)C(=O)N(C)Cc1cn(S(=O)(=O)c2ccc(C)cc2)c2ccc(O)cc12. The number of carbonyl (C=O) groups excluding carboxylic acids is 2. The molecule has 1 heterocycles. The minimum absolute atomic E-state index is 0.0252. The second-order valence-corrected chi connectivity index (χ2v) is 13.4. The first-order valence-electron chi connectivity index (χ1n) is 15.0. The van der Waals surface area contributed by atoms with Gasteiger partial charge in [0.2, 0.25) is 5.91 Å². The minimum Gasteiger partial charge on any atom is -0.508 e. The van der Waals surface area contributed by atoms with Crippen LogP contribution in [-0.2, 0) is 26.1 Å². The summed E-state index contributed by atoms with van der Waals surface area (Å²) in [7, 11) is -2.46. The van der Waals surface area contributed by atoms with Gasteiger partial charge in [0.1, 0.15) is 18.4 Å². The Balaban J connectivity index is 1.18. The lowest BCUT2D eigenvalue weighted by molar-refractivity contribution is -0.132. The van der Waals surface area contributed by atoms with Gasteiger partial charge in [0, 0.05) is 37.5 Å². The van der Waals surface area contributed by atoms with Crippen LogP contribution in [0.2, 0.25) is 0 Å². The van der Waals surface area contributed by atoms with Gasteiger partial charge < -0.3 is 20.1 Å². The summed E-state index contributed by atoms with van der Waals surface area (Å²) in [5.41, 5.74) is 6.06. The smallest absolute Gasteiger partial charge is 0.407 e. The number of nitrogens with one attached hydrogen (secondary N) is 1. The van der Waals surface area contributed by atoms with Crippen molar-refractivity contribution in [2.24, 2.45) is 0 Å². The van der Waals surface area contributed by atoms with Gasteiger partial charge in [0.25, 0.3) is 10.0 Å². The van der Waals surface area contributed by atoms with E-state index in [9.17, 15) is 23.1 Å². The van der Waals surface area contributed by atoms with Gasteiger partial charge >= 0.3 is 6.09 Å². The number of aromatic hydroxyl groups is 1. The number of phenolic OH excluding ortho intramolecular Hbond substituents is 1. The molecule has 1 atom stereocenters. The number of benzene rings is 4. The highest BCUT2D eigenvalue weighted by Gasteiger charge is 2.31. The third-order valence-electron chi connectivity index (χ3n) is 8.45. The van der Waals surface area contributed by atoms with Crippen molar-refractivity contribution < 1.29 is 27.9 Å². The molecule has 5 aromatic rings. The largest absolute Gasteiger partial charge is 0.508 e. The molecule has 0 aliphatic heterocycles. The molecule has 0 saturated carbocycles. The highest BCUT2D eigenvalue weighted by Crippen LogP contribution is 2.44. The van der Waals surface area contributed by atoms with Gasteiger partial charge in [-0.15, -0.1) is 12.3 Å². The number of fused-ring (bicyclic) bond motifs is 4. The molecular formula is C37H33N3O6S. The Morgan fingerprint density at radius 1 is 1.00 bits per heavy atom. The first kappa shape index (κ1) is 31.5. The molecule has 6 rings (SSSR count). The summed E-state index contributed by atoms with van der Waals surface area (Å²) in [6.45, 7) is 1.92. The number of carbonyl (C=O) groups is 2. The van der Waals surface area contributed by atoms with Crippen molar-refractivity contribution in [3.63, 3.8) is 0 Å². The van der Waals surface area contributed by atoms with E-state index in [1.54, 1.807) is 12.1 Å². The van der Waals surface area contributed by atoms with E-state index in [4.69, 9.17) is 11.2 Å². The number of rotatable bonds is 9. The molecule has 4 aromatic carbocycles. The fraction of sp³-hybridized carbons (Fsp3) is 0.189. The second-order valence-electron chi connectivity index (χ2n) is 11.6. The Bertz CT molecular complexity index is 2100. The average molecular weight is 648 g/mol. The molecule has 1 aliphatic rings. The van der Waals surface area contributed by atoms with Crippen LogP contribution >= 0.6 is 0 Å². The first-order chi connectivity index (χ1) is 22.6. The van der Waals surface area contributed by atoms with Crippen molar-refractivity contribution in [1.82, 2.24) is 14.2 Å². The molecule has 1 aliphatic carbocycles. The number of aryl methyl sites for hydroxylation is 1. The molecule has 0 bridgehead atoms. The molecule has 0 spiro atoms. The number of hydrogen-bond acceptors (Lipinski definition) is 6. The molecule has 1 unspecified atom stereocenters. The summed E-state index contributed by atoms with van der Waals surface area (Å²) in [6.07, 6.45) is 6.15. The topological polar surface area (TPSA) is 118 Å². The third-order valence-corrected chi connectivity index (χ3v) is 10.1. The standard InChI is InChI=1S/C37H33N3O6S/c1-4-9-34(38-37(43)46-23-33-30-12-7-5-10-28(30)29-11-6-8-13-31(29)33)36(42)39(3)21-25-22-40(35-19-16-26(41)20-32(25)35)47(44,45)27-17-14-24(2)15-18-27/h1,5-8,10-20,22,33-34,41H,9,21,23H2,2-3H3,(H,38,43). The number of ether oxygens (including phenoxy) is 1. The summed E-state index contributed by atoms with van der Waals surface area (Å²) in [4.78, 5) is 28.1. The maximum absolute atomic E-state index is 13.6. The average Bonchev–Trinajstić information content (AvgIpc) is 3.59. The van der Waals surface area contributed by atoms with Gasteiger partial charge in [-0.05, 0) is 65.1 Å². The van der Waals surface area contributed by atoms with E-state index in [2.05, 4.69) is 11.2 Å². The number of alkyl carbamates (subject to hydrolysis) is 1. The molecule has 47 heavy (non-hydrogen) atoms. The van der Waals surface area contributed by atoms with E-state index < -0.39 is 28.1 Å². The van der Waals surface area contributed by atoms with Crippen molar-refractivity contribution in [2.45, 2.75) is 36.7 Å². The molecule has 2 N–H and O–H groups in total. The molecule has 238 valence electrons. The minimum atomic E-state index is -3.99. The summed E-state index contributed by atoms with van der Waals surface area (Å²) < 4.78 is 34.0. The van der Waals surface area contributed by atoms with E-state index >= 15 is 0 Å². The molecular weight excluding hydrogens is 614 g/mol. The summed E-state index contributed by atoms with van der Waals surface area (Å²) in [6, 6.07) is 25.8. The van der Waals surface area contributed by atoms with E-state index in [1.807, 2.05) is 55.5 Å². The van der Waals surface area contributed by atoms with Crippen molar-refractivity contribution in [1.29, 1.82) is 0 Å². The van der Waals surface area contributed by atoms with Gasteiger partial charge in [-0.1, -0.05) is 66.2 Å². The molecule has 0 radical (unpaired) electrons. The maximum Gasteiger partial charge on any atom is 0.407 e. The number of aromatic nitrogens is 1. The van der Waals surface area contributed by atoms with Crippen LogP contribution in [0.3, 0.4) is 0 Å². The molecule has 0 saturated heterocycles. The number of amides is 2. The number of hydrogen-bond donors (Lipinski definition) is 2. The van der Waals surface area contributed by atoms with Crippen LogP contribution in [0.4, 0.5) is 4.79 Å². The van der Waals surface area contributed by atoms with Crippen molar-refractivity contribution in [3.05, 3.63) is 119 Å². The van der Waals surface area contributed by atoms with Crippen LogP contribution in [0.5, 0.6) is 5.75 Å². The van der Waals surface area contributed by atoms with Gasteiger partial charge in [0.15, 0.2) is 0 Å². The normalized spacial score (nSPS) is 13.0.